The lowest BCUT2D eigenvalue weighted by Gasteiger charge is -2.20. The van der Waals surface area contributed by atoms with E-state index in [0.717, 1.165) is 12.2 Å². The minimum Gasteiger partial charge on any atom is -0.491 e. The molecule has 0 bridgehead atoms. The Bertz CT molecular complexity index is 437. The Hall–Kier alpha value is -1.59. The van der Waals surface area contributed by atoms with Crippen molar-refractivity contribution in [2.75, 3.05) is 20.3 Å². The summed E-state index contributed by atoms with van der Waals surface area (Å²) >= 11 is 0. The Morgan fingerprint density at radius 3 is 2.80 bits per heavy atom. The molecular weight excluding hydrogens is 258 g/mol. The first kappa shape index (κ1) is 14.8. The molecule has 5 nitrogen and oxygen atoms in total. The van der Waals surface area contributed by atoms with Crippen molar-refractivity contribution < 1.29 is 19.0 Å². The fourth-order valence-corrected chi connectivity index (χ4v) is 2.45. The highest BCUT2D eigenvalue weighted by Gasteiger charge is 2.43. The van der Waals surface area contributed by atoms with Gasteiger partial charge < -0.3 is 19.9 Å². The third-order valence-electron chi connectivity index (χ3n) is 3.55. The lowest BCUT2D eigenvalue weighted by atomic mass is 10.00. The molecule has 1 aliphatic rings. The molecule has 1 saturated carbocycles. The second kappa shape index (κ2) is 6.72. The SMILES string of the molecule is COC(=O)C1(N)CCC(OCCOc2ccccc2)C1. The second-order valence-electron chi connectivity index (χ2n) is 5.04. The van der Waals surface area contributed by atoms with Crippen LogP contribution in [0, 0.1) is 0 Å². The molecule has 0 radical (unpaired) electrons. The summed E-state index contributed by atoms with van der Waals surface area (Å²) in [4.78, 5) is 11.6. The maximum atomic E-state index is 11.6. The maximum absolute atomic E-state index is 11.6. The van der Waals surface area contributed by atoms with Crippen molar-refractivity contribution in [3.8, 4) is 5.75 Å². The summed E-state index contributed by atoms with van der Waals surface area (Å²) in [6, 6.07) is 9.59. The summed E-state index contributed by atoms with van der Waals surface area (Å²) in [5.74, 6) is 0.467. The monoisotopic (exact) mass is 279 g/mol. The summed E-state index contributed by atoms with van der Waals surface area (Å²) in [6.45, 7) is 0.965. The normalized spacial score (nSPS) is 25.4. The van der Waals surface area contributed by atoms with Gasteiger partial charge in [0.1, 0.15) is 17.9 Å². The Labute approximate surface area is 119 Å². The van der Waals surface area contributed by atoms with E-state index in [-0.39, 0.29) is 12.1 Å². The minimum absolute atomic E-state index is 0.00141. The van der Waals surface area contributed by atoms with Crippen molar-refractivity contribution in [2.24, 2.45) is 5.73 Å². The molecular formula is C15H21NO4. The Kier molecular flexibility index (Phi) is 4.98. The number of ether oxygens (including phenoxy) is 3. The van der Waals surface area contributed by atoms with Crippen LogP contribution < -0.4 is 10.5 Å². The molecule has 0 heterocycles. The molecule has 2 rings (SSSR count). The van der Waals surface area contributed by atoms with Gasteiger partial charge in [0.15, 0.2) is 0 Å². The number of para-hydroxylation sites is 1. The maximum Gasteiger partial charge on any atom is 0.325 e. The molecule has 0 amide bonds. The third kappa shape index (κ3) is 3.71. The summed E-state index contributed by atoms with van der Waals surface area (Å²) < 4.78 is 16.0. The Morgan fingerprint density at radius 1 is 1.35 bits per heavy atom. The van der Waals surface area contributed by atoms with Crippen LogP contribution in [0.3, 0.4) is 0 Å². The molecule has 110 valence electrons. The molecule has 1 aromatic carbocycles. The summed E-state index contributed by atoms with van der Waals surface area (Å²) in [7, 11) is 1.36. The molecule has 0 spiro atoms. The van der Waals surface area contributed by atoms with Crippen LogP contribution in [-0.2, 0) is 14.3 Å². The van der Waals surface area contributed by atoms with Crippen LogP contribution in [0.1, 0.15) is 19.3 Å². The van der Waals surface area contributed by atoms with Gasteiger partial charge in [0.25, 0.3) is 0 Å². The predicted octanol–water partition coefficient (Wildman–Crippen LogP) is 1.50. The summed E-state index contributed by atoms with van der Waals surface area (Å²) in [5, 5.41) is 0. The fraction of sp³-hybridized carbons (Fsp3) is 0.533. The highest BCUT2D eigenvalue weighted by atomic mass is 16.5. The highest BCUT2D eigenvalue weighted by molar-refractivity contribution is 5.80. The zero-order valence-electron chi connectivity index (χ0n) is 11.7. The van der Waals surface area contributed by atoms with Gasteiger partial charge in [-0.25, -0.2) is 0 Å². The topological polar surface area (TPSA) is 70.8 Å². The predicted molar refractivity (Wildman–Crippen MR) is 74.5 cm³/mol. The molecule has 0 aromatic heterocycles. The van der Waals surface area contributed by atoms with Crippen LogP contribution in [0.2, 0.25) is 0 Å². The lowest BCUT2D eigenvalue weighted by Crippen LogP contribution is -2.46. The fourth-order valence-electron chi connectivity index (χ4n) is 2.45. The van der Waals surface area contributed by atoms with Crippen molar-refractivity contribution in [1.29, 1.82) is 0 Å². The quantitative estimate of drug-likeness (QED) is 0.631. The number of esters is 1. The molecule has 1 fully saturated rings. The van der Waals surface area contributed by atoms with E-state index in [4.69, 9.17) is 19.9 Å². The molecule has 2 unspecified atom stereocenters. The van der Waals surface area contributed by atoms with E-state index in [0.29, 0.717) is 26.1 Å². The van der Waals surface area contributed by atoms with Crippen LogP contribution in [0.5, 0.6) is 5.75 Å². The molecule has 0 aliphatic heterocycles. The van der Waals surface area contributed by atoms with E-state index in [1.807, 2.05) is 30.3 Å². The van der Waals surface area contributed by atoms with Gasteiger partial charge in [-0.05, 0) is 25.0 Å². The van der Waals surface area contributed by atoms with Crippen molar-refractivity contribution in [3.05, 3.63) is 30.3 Å². The van der Waals surface area contributed by atoms with E-state index in [1.54, 1.807) is 0 Å². The van der Waals surface area contributed by atoms with Crippen LogP contribution in [0.25, 0.3) is 0 Å². The molecule has 2 atom stereocenters. The number of hydrogen-bond donors (Lipinski definition) is 1. The molecule has 1 aromatic rings. The Balaban J connectivity index is 1.67. The average Bonchev–Trinajstić information content (AvgIpc) is 2.87. The van der Waals surface area contributed by atoms with Gasteiger partial charge in [0.05, 0.1) is 19.8 Å². The van der Waals surface area contributed by atoms with Gasteiger partial charge in [-0.1, -0.05) is 18.2 Å². The van der Waals surface area contributed by atoms with Crippen LogP contribution in [0.15, 0.2) is 30.3 Å². The summed E-state index contributed by atoms with van der Waals surface area (Å²) in [5.41, 5.74) is 5.12. The number of carbonyl (C=O) groups excluding carboxylic acids is 1. The molecule has 5 heteroatoms. The van der Waals surface area contributed by atoms with Crippen molar-refractivity contribution >= 4 is 5.97 Å². The first-order chi connectivity index (χ1) is 9.64. The second-order valence-corrected chi connectivity index (χ2v) is 5.04. The van der Waals surface area contributed by atoms with Crippen LogP contribution in [0.4, 0.5) is 0 Å². The van der Waals surface area contributed by atoms with Crippen LogP contribution in [-0.4, -0.2) is 37.9 Å². The Morgan fingerprint density at radius 2 is 2.10 bits per heavy atom. The minimum atomic E-state index is -0.889. The van der Waals surface area contributed by atoms with Gasteiger partial charge in [-0.3, -0.25) is 4.79 Å². The van der Waals surface area contributed by atoms with E-state index in [1.165, 1.54) is 7.11 Å². The number of methoxy groups -OCH3 is 1. The van der Waals surface area contributed by atoms with E-state index < -0.39 is 5.54 Å². The van der Waals surface area contributed by atoms with Gasteiger partial charge in [-0.2, -0.15) is 0 Å². The summed E-state index contributed by atoms with van der Waals surface area (Å²) in [6.07, 6.45) is 1.88. The van der Waals surface area contributed by atoms with E-state index in [2.05, 4.69) is 0 Å². The molecule has 1 aliphatic carbocycles. The van der Waals surface area contributed by atoms with Crippen molar-refractivity contribution in [3.63, 3.8) is 0 Å². The zero-order chi connectivity index (χ0) is 14.4. The highest BCUT2D eigenvalue weighted by Crippen LogP contribution is 2.30. The molecule has 20 heavy (non-hydrogen) atoms. The third-order valence-corrected chi connectivity index (χ3v) is 3.55. The average molecular weight is 279 g/mol. The van der Waals surface area contributed by atoms with E-state index in [9.17, 15) is 4.79 Å². The smallest absolute Gasteiger partial charge is 0.325 e. The van der Waals surface area contributed by atoms with Gasteiger partial charge in [-0.15, -0.1) is 0 Å². The standard InChI is InChI=1S/C15H21NO4/c1-18-14(17)15(16)8-7-13(11-15)20-10-9-19-12-5-3-2-4-6-12/h2-6,13H,7-11,16H2,1H3. The zero-order valence-corrected chi connectivity index (χ0v) is 11.7. The first-order valence-corrected chi connectivity index (χ1v) is 6.81. The van der Waals surface area contributed by atoms with Crippen molar-refractivity contribution in [1.82, 2.24) is 0 Å². The lowest BCUT2D eigenvalue weighted by molar-refractivity contribution is -0.147. The largest absolute Gasteiger partial charge is 0.491 e. The van der Waals surface area contributed by atoms with Gasteiger partial charge in [0.2, 0.25) is 0 Å². The van der Waals surface area contributed by atoms with Gasteiger partial charge >= 0.3 is 5.97 Å². The number of hydrogen-bond acceptors (Lipinski definition) is 5. The van der Waals surface area contributed by atoms with Gasteiger partial charge in [0, 0.05) is 6.42 Å². The first-order valence-electron chi connectivity index (χ1n) is 6.81. The van der Waals surface area contributed by atoms with E-state index >= 15 is 0 Å². The molecule has 2 N–H and O–H groups in total. The number of rotatable bonds is 6. The number of nitrogens with two attached hydrogens (primary N) is 1. The van der Waals surface area contributed by atoms with Crippen LogP contribution >= 0.6 is 0 Å². The number of carbonyl (C=O) groups is 1. The number of benzene rings is 1. The molecule has 0 saturated heterocycles. The van der Waals surface area contributed by atoms with Crippen molar-refractivity contribution in [2.45, 2.75) is 30.9 Å².